The Hall–Kier alpha value is -2.40. The number of carbonyl (C=O) groups is 1. The molecule has 0 aliphatic heterocycles. The van der Waals surface area contributed by atoms with E-state index < -0.39 is 0 Å². The number of benzene rings is 2. The Balaban J connectivity index is 1.08. The molecule has 0 N–H and O–H groups in total. The molecule has 4 saturated carbocycles. The summed E-state index contributed by atoms with van der Waals surface area (Å²) in [5.74, 6) is 4.34. The monoisotopic (exact) mass is 457 g/mol. The summed E-state index contributed by atoms with van der Waals surface area (Å²) >= 11 is 1.47. The van der Waals surface area contributed by atoms with Crippen molar-refractivity contribution in [2.24, 2.45) is 24.8 Å². The van der Waals surface area contributed by atoms with Gasteiger partial charge in [0, 0.05) is 19.0 Å². The van der Waals surface area contributed by atoms with Gasteiger partial charge in [0.15, 0.2) is 11.0 Å². The van der Waals surface area contributed by atoms with Crippen molar-refractivity contribution in [1.82, 2.24) is 14.8 Å². The average Bonchev–Trinajstić information content (AvgIpc) is 3.18. The molecule has 1 heterocycles. The summed E-state index contributed by atoms with van der Waals surface area (Å²) in [6.45, 7) is 0. The SMILES string of the molecule is Cn1c(SCC(=O)Cc2ccc(C34CC5CC(CC(C5)C3)C4)cc2)nnc1-c1ccccc1. The van der Waals surface area contributed by atoms with Crippen LogP contribution >= 0.6 is 11.8 Å². The van der Waals surface area contributed by atoms with Crippen molar-refractivity contribution in [3.8, 4) is 11.4 Å². The highest BCUT2D eigenvalue weighted by Crippen LogP contribution is 2.60. The van der Waals surface area contributed by atoms with Gasteiger partial charge in [-0.15, -0.1) is 10.2 Å². The van der Waals surface area contributed by atoms with Crippen LogP contribution in [0.1, 0.15) is 49.7 Å². The minimum absolute atomic E-state index is 0.229. The van der Waals surface area contributed by atoms with Crippen LogP contribution in [0.5, 0.6) is 0 Å². The number of aromatic nitrogens is 3. The highest BCUT2D eigenvalue weighted by molar-refractivity contribution is 7.99. The molecule has 0 unspecified atom stereocenters. The zero-order valence-corrected chi connectivity index (χ0v) is 20.1. The topological polar surface area (TPSA) is 47.8 Å². The highest BCUT2D eigenvalue weighted by atomic mass is 32.2. The molecule has 170 valence electrons. The van der Waals surface area contributed by atoms with Crippen molar-refractivity contribution in [2.45, 2.75) is 55.5 Å². The van der Waals surface area contributed by atoms with Crippen LogP contribution in [0.2, 0.25) is 0 Å². The summed E-state index contributed by atoms with van der Waals surface area (Å²) in [5, 5.41) is 9.39. The van der Waals surface area contributed by atoms with E-state index in [0.29, 0.717) is 17.6 Å². The average molecular weight is 458 g/mol. The fourth-order valence-corrected chi connectivity index (χ4v) is 7.91. The summed E-state index contributed by atoms with van der Waals surface area (Å²) in [6, 6.07) is 19.1. The predicted molar refractivity (Wildman–Crippen MR) is 132 cm³/mol. The number of hydrogen-bond donors (Lipinski definition) is 0. The molecule has 7 rings (SSSR count). The summed E-state index contributed by atoms with van der Waals surface area (Å²) in [6.07, 6.45) is 9.06. The van der Waals surface area contributed by atoms with Crippen molar-refractivity contribution in [3.05, 3.63) is 65.7 Å². The van der Waals surface area contributed by atoms with Crippen LogP contribution in [0, 0.1) is 17.8 Å². The first-order chi connectivity index (χ1) is 16.1. The fraction of sp³-hybridized carbons (Fsp3) is 0.464. The van der Waals surface area contributed by atoms with Crippen molar-refractivity contribution >= 4 is 17.5 Å². The Morgan fingerprint density at radius 1 is 0.939 bits per heavy atom. The lowest BCUT2D eigenvalue weighted by atomic mass is 9.48. The summed E-state index contributed by atoms with van der Waals surface area (Å²) < 4.78 is 1.97. The Labute approximate surface area is 200 Å². The van der Waals surface area contributed by atoms with Crippen LogP contribution in [-0.4, -0.2) is 26.3 Å². The second-order valence-electron chi connectivity index (χ2n) is 10.6. The van der Waals surface area contributed by atoms with Gasteiger partial charge in [0.25, 0.3) is 0 Å². The molecule has 0 spiro atoms. The zero-order chi connectivity index (χ0) is 22.4. The quantitative estimate of drug-likeness (QED) is 0.417. The molecule has 33 heavy (non-hydrogen) atoms. The molecule has 4 nitrogen and oxygen atoms in total. The van der Waals surface area contributed by atoms with Gasteiger partial charge in [-0.3, -0.25) is 4.79 Å². The third-order valence-corrected chi connectivity index (χ3v) is 9.32. The van der Waals surface area contributed by atoms with E-state index >= 15 is 0 Å². The Kier molecular flexibility index (Phi) is 5.40. The Morgan fingerprint density at radius 2 is 1.58 bits per heavy atom. The van der Waals surface area contributed by atoms with Gasteiger partial charge in [0.1, 0.15) is 5.78 Å². The van der Waals surface area contributed by atoms with Crippen molar-refractivity contribution < 1.29 is 4.79 Å². The van der Waals surface area contributed by atoms with Gasteiger partial charge in [0.05, 0.1) is 5.75 Å². The van der Waals surface area contributed by atoms with Gasteiger partial charge in [-0.1, -0.05) is 66.4 Å². The molecule has 4 aliphatic carbocycles. The maximum atomic E-state index is 12.7. The first kappa shape index (κ1) is 21.2. The molecular formula is C28H31N3OS. The van der Waals surface area contributed by atoms with Gasteiger partial charge in [-0.05, 0) is 72.8 Å². The number of carbonyl (C=O) groups excluding carboxylic acids is 1. The molecule has 2 aromatic carbocycles. The van der Waals surface area contributed by atoms with Crippen molar-refractivity contribution in [1.29, 1.82) is 0 Å². The first-order valence-electron chi connectivity index (χ1n) is 12.3. The van der Waals surface area contributed by atoms with Gasteiger partial charge in [-0.2, -0.15) is 0 Å². The fourth-order valence-electron chi connectivity index (χ4n) is 7.14. The minimum Gasteiger partial charge on any atom is -0.305 e. The Morgan fingerprint density at radius 3 is 2.21 bits per heavy atom. The molecule has 4 bridgehead atoms. The van der Waals surface area contributed by atoms with E-state index in [1.165, 1.54) is 55.9 Å². The van der Waals surface area contributed by atoms with E-state index in [9.17, 15) is 4.79 Å². The molecule has 0 radical (unpaired) electrons. The molecular weight excluding hydrogens is 426 g/mol. The molecule has 0 atom stereocenters. The largest absolute Gasteiger partial charge is 0.305 e. The van der Waals surface area contributed by atoms with E-state index in [2.05, 4.69) is 34.5 Å². The molecule has 0 saturated heterocycles. The summed E-state index contributed by atoms with van der Waals surface area (Å²) in [5.41, 5.74) is 4.11. The summed E-state index contributed by atoms with van der Waals surface area (Å²) in [7, 11) is 1.96. The van der Waals surface area contributed by atoms with E-state index in [1.807, 2.05) is 41.9 Å². The maximum absolute atomic E-state index is 12.7. The van der Waals surface area contributed by atoms with Crippen LogP contribution in [0.3, 0.4) is 0 Å². The van der Waals surface area contributed by atoms with Crippen LogP contribution in [0.25, 0.3) is 11.4 Å². The second kappa shape index (κ2) is 8.43. The number of Topliss-reactive ketones (excluding diaryl/α,β-unsaturated/α-hetero) is 1. The lowest BCUT2D eigenvalue weighted by Gasteiger charge is -2.57. The van der Waals surface area contributed by atoms with Crippen LogP contribution in [0.4, 0.5) is 0 Å². The van der Waals surface area contributed by atoms with Gasteiger partial charge < -0.3 is 4.57 Å². The lowest BCUT2D eigenvalue weighted by molar-refractivity contribution is -0.116. The summed E-state index contributed by atoms with van der Waals surface area (Å²) in [4.78, 5) is 12.7. The first-order valence-corrected chi connectivity index (χ1v) is 13.3. The molecule has 3 aromatic rings. The number of hydrogen-bond acceptors (Lipinski definition) is 4. The van der Waals surface area contributed by atoms with E-state index in [4.69, 9.17) is 0 Å². The van der Waals surface area contributed by atoms with E-state index in [-0.39, 0.29) is 5.78 Å². The third kappa shape index (κ3) is 4.05. The van der Waals surface area contributed by atoms with Crippen LogP contribution in [0.15, 0.2) is 59.8 Å². The smallest absolute Gasteiger partial charge is 0.191 e. The van der Waals surface area contributed by atoms with Crippen LogP contribution < -0.4 is 0 Å². The lowest BCUT2D eigenvalue weighted by Crippen LogP contribution is -2.48. The van der Waals surface area contributed by atoms with E-state index in [1.54, 1.807) is 0 Å². The second-order valence-corrected chi connectivity index (χ2v) is 11.6. The molecule has 4 aliphatic rings. The predicted octanol–water partition coefficient (Wildman–Crippen LogP) is 5.85. The maximum Gasteiger partial charge on any atom is 0.191 e. The normalized spacial score (nSPS) is 27.7. The Bertz CT molecular complexity index is 1120. The number of ketones is 1. The molecule has 0 amide bonds. The van der Waals surface area contributed by atoms with Crippen molar-refractivity contribution in [2.75, 3.05) is 5.75 Å². The van der Waals surface area contributed by atoms with E-state index in [0.717, 1.165) is 39.9 Å². The van der Waals surface area contributed by atoms with Gasteiger partial charge >= 0.3 is 0 Å². The third-order valence-electron chi connectivity index (χ3n) is 8.23. The zero-order valence-electron chi connectivity index (χ0n) is 19.2. The van der Waals surface area contributed by atoms with Crippen molar-refractivity contribution in [3.63, 3.8) is 0 Å². The standard InChI is InChI=1S/C28H31N3OS/c1-31-26(23-5-3-2-4-6-23)29-30-27(31)33-18-25(32)14-19-7-9-24(10-8-19)28-15-20-11-21(16-28)13-22(12-20)17-28/h2-10,20-22H,11-18H2,1H3. The van der Waals surface area contributed by atoms with Crippen LogP contribution in [-0.2, 0) is 23.7 Å². The number of rotatable bonds is 7. The minimum atomic E-state index is 0.229. The molecule has 4 fully saturated rings. The van der Waals surface area contributed by atoms with Gasteiger partial charge in [-0.25, -0.2) is 0 Å². The highest BCUT2D eigenvalue weighted by Gasteiger charge is 2.51. The molecule has 1 aromatic heterocycles. The number of nitrogens with zero attached hydrogens (tertiary/aromatic N) is 3. The number of thioether (sulfide) groups is 1. The van der Waals surface area contributed by atoms with Gasteiger partial charge in [0.2, 0.25) is 0 Å². The molecule has 5 heteroatoms.